The molecular weight excluding hydrogens is 459 g/mol. The van der Waals surface area contributed by atoms with Crippen LogP contribution in [0.4, 0.5) is 27.3 Å². The highest BCUT2D eigenvalue weighted by atomic mass is 79.9. The minimum Gasteiger partial charge on any atom is -0.354 e. The molecule has 0 radical (unpaired) electrons. The van der Waals surface area contributed by atoms with Crippen molar-refractivity contribution in [3.8, 4) is 6.07 Å². The summed E-state index contributed by atoms with van der Waals surface area (Å²) in [5.74, 6) is 0.295. The number of imidazole rings is 1. The molecule has 0 unspecified atom stereocenters. The van der Waals surface area contributed by atoms with Gasteiger partial charge in [0, 0.05) is 34.5 Å². The van der Waals surface area contributed by atoms with E-state index < -0.39 is 5.82 Å². The van der Waals surface area contributed by atoms with Crippen LogP contribution in [-0.4, -0.2) is 22.0 Å². The standard InChI is InChI=1S/C20H13BrClFN6/c1-29(18-9-25-10-27-18)13-5-14-19(28-12-2-3-17(23)16(22)4-12)11(7-24)8-26-20(14)15(21)6-13/h2-6,8-10H,1H3,(H,25,27)(H,26,28). The molecule has 0 bridgehead atoms. The third kappa shape index (κ3) is 3.62. The molecule has 0 aliphatic carbocycles. The van der Waals surface area contributed by atoms with Crippen molar-refractivity contribution in [3.63, 3.8) is 0 Å². The lowest BCUT2D eigenvalue weighted by Crippen LogP contribution is -2.10. The van der Waals surface area contributed by atoms with E-state index in [-0.39, 0.29) is 5.02 Å². The van der Waals surface area contributed by atoms with Crippen LogP contribution in [0.5, 0.6) is 0 Å². The number of nitrogens with one attached hydrogen (secondary N) is 2. The van der Waals surface area contributed by atoms with E-state index in [1.54, 1.807) is 18.6 Å². The first-order chi connectivity index (χ1) is 14.0. The van der Waals surface area contributed by atoms with Crippen LogP contribution < -0.4 is 10.2 Å². The van der Waals surface area contributed by atoms with Gasteiger partial charge in [-0.1, -0.05) is 11.6 Å². The molecule has 9 heteroatoms. The zero-order valence-electron chi connectivity index (χ0n) is 15.0. The number of nitriles is 1. The summed E-state index contributed by atoms with van der Waals surface area (Å²) >= 11 is 9.48. The maximum Gasteiger partial charge on any atom is 0.141 e. The SMILES string of the molecule is CN(c1cc(Br)c2ncc(C#N)c(Nc3ccc(F)c(Cl)c3)c2c1)c1cnc[nH]1. The molecule has 0 spiro atoms. The Morgan fingerprint density at radius 2 is 2.10 bits per heavy atom. The second-order valence-electron chi connectivity index (χ2n) is 6.23. The molecule has 0 amide bonds. The monoisotopic (exact) mass is 470 g/mol. The van der Waals surface area contributed by atoms with Gasteiger partial charge in [0.25, 0.3) is 0 Å². The first kappa shape index (κ1) is 19.2. The predicted molar refractivity (Wildman–Crippen MR) is 116 cm³/mol. The Hall–Kier alpha value is -3.15. The van der Waals surface area contributed by atoms with Gasteiger partial charge in [-0.25, -0.2) is 9.37 Å². The summed E-state index contributed by atoms with van der Waals surface area (Å²) in [7, 11) is 1.90. The molecule has 2 N–H and O–H groups in total. The number of nitrogens with zero attached hydrogens (tertiary/aromatic N) is 4. The minimum atomic E-state index is -0.511. The number of H-pyrrole nitrogens is 1. The number of aromatic amines is 1. The molecule has 144 valence electrons. The third-order valence-corrected chi connectivity index (χ3v) is 5.35. The fourth-order valence-electron chi connectivity index (χ4n) is 2.95. The molecule has 29 heavy (non-hydrogen) atoms. The Morgan fingerprint density at radius 1 is 1.28 bits per heavy atom. The average Bonchev–Trinajstić information content (AvgIpc) is 3.25. The van der Waals surface area contributed by atoms with Crippen molar-refractivity contribution >= 4 is 61.3 Å². The zero-order chi connectivity index (χ0) is 20.5. The van der Waals surface area contributed by atoms with Crippen LogP contribution in [0.1, 0.15) is 5.56 Å². The Morgan fingerprint density at radius 3 is 2.79 bits per heavy atom. The quantitative estimate of drug-likeness (QED) is 0.387. The molecule has 0 atom stereocenters. The van der Waals surface area contributed by atoms with E-state index in [0.29, 0.717) is 22.5 Å². The number of hydrogen-bond acceptors (Lipinski definition) is 5. The van der Waals surface area contributed by atoms with Crippen LogP contribution in [-0.2, 0) is 0 Å². The maximum atomic E-state index is 13.5. The van der Waals surface area contributed by atoms with Gasteiger partial charge in [0.15, 0.2) is 0 Å². The second-order valence-corrected chi connectivity index (χ2v) is 7.49. The van der Waals surface area contributed by atoms with E-state index >= 15 is 0 Å². The lowest BCUT2D eigenvalue weighted by molar-refractivity contribution is 0.628. The highest BCUT2D eigenvalue weighted by molar-refractivity contribution is 9.10. The number of aromatic nitrogens is 3. The summed E-state index contributed by atoms with van der Waals surface area (Å²) in [6.07, 6.45) is 4.81. The van der Waals surface area contributed by atoms with Crippen LogP contribution in [0, 0.1) is 17.1 Å². The highest BCUT2D eigenvalue weighted by Crippen LogP contribution is 2.37. The fraction of sp³-hybridized carbons (Fsp3) is 0.0500. The molecule has 0 saturated heterocycles. The van der Waals surface area contributed by atoms with Crippen molar-refractivity contribution < 1.29 is 4.39 Å². The Bertz CT molecular complexity index is 1250. The number of rotatable bonds is 4. The van der Waals surface area contributed by atoms with Crippen molar-refractivity contribution in [2.75, 3.05) is 17.3 Å². The van der Waals surface area contributed by atoms with Gasteiger partial charge >= 0.3 is 0 Å². The largest absolute Gasteiger partial charge is 0.354 e. The minimum absolute atomic E-state index is 0.00674. The van der Waals surface area contributed by atoms with E-state index in [9.17, 15) is 9.65 Å². The smallest absolute Gasteiger partial charge is 0.141 e. The number of hydrogen-bond donors (Lipinski definition) is 2. The zero-order valence-corrected chi connectivity index (χ0v) is 17.4. The molecule has 2 heterocycles. The number of pyridine rings is 1. The second kappa shape index (κ2) is 7.70. The lowest BCUT2D eigenvalue weighted by Gasteiger charge is -2.19. The third-order valence-electron chi connectivity index (χ3n) is 4.45. The number of halogens is 3. The Labute approximate surface area is 179 Å². The molecule has 0 saturated carbocycles. The van der Waals surface area contributed by atoms with E-state index in [4.69, 9.17) is 11.6 Å². The van der Waals surface area contributed by atoms with Crippen LogP contribution in [0.25, 0.3) is 10.9 Å². The van der Waals surface area contributed by atoms with Gasteiger partial charge in [0.1, 0.15) is 17.7 Å². The number of benzene rings is 2. The van der Waals surface area contributed by atoms with E-state index in [1.165, 1.54) is 18.3 Å². The van der Waals surface area contributed by atoms with Crippen LogP contribution in [0.15, 0.2) is 53.5 Å². The van der Waals surface area contributed by atoms with Gasteiger partial charge < -0.3 is 15.2 Å². The van der Waals surface area contributed by atoms with Crippen molar-refractivity contribution in [1.29, 1.82) is 5.26 Å². The van der Waals surface area contributed by atoms with E-state index in [0.717, 1.165) is 21.4 Å². The molecule has 2 aromatic heterocycles. The van der Waals surface area contributed by atoms with Crippen molar-refractivity contribution in [2.24, 2.45) is 0 Å². The normalized spacial score (nSPS) is 10.7. The molecular formula is C20H13BrClFN6. The topological polar surface area (TPSA) is 80.6 Å². The molecule has 2 aromatic carbocycles. The van der Waals surface area contributed by atoms with Crippen LogP contribution >= 0.6 is 27.5 Å². The predicted octanol–water partition coefficient (Wildman–Crippen LogP) is 5.90. The molecule has 0 aliphatic heterocycles. The fourth-order valence-corrected chi connectivity index (χ4v) is 3.68. The van der Waals surface area contributed by atoms with E-state index in [2.05, 4.69) is 42.3 Å². The first-order valence-electron chi connectivity index (χ1n) is 8.44. The summed E-state index contributed by atoms with van der Waals surface area (Å²) in [6, 6.07) is 10.3. The Balaban J connectivity index is 1.89. The first-order valence-corrected chi connectivity index (χ1v) is 9.61. The summed E-state index contributed by atoms with van der Waals surface area (Å²) in [5.41, 5.74) is 3.00. The van der Waals surface area contributed by atoms with Gasteiger partial charge in [-0.05, 0) is 46.3 Å². The van der Waals surface area contributed by atoms with E-state index in [1.807, 2.05) is 24.1 Å². The van der Waals surface area contributed by atoms with Gasteiger partial charge in [-0.15, -0.1) is 0 Å². The van der Waals surface area contributed by atoms with Crippen LogP contribution in [0.2, 0.25) is 5.02 Å². The molecule has 4 rings (SSSR count). The average molecular weight is 472 g/mol. The van der Waals surface area contributed by atoms with Crippen molar-refractivity contribution in [3.05, 3.63) is 69.9 Å². The van der Waals surface area contributed by atoms with Crippen molar-refractivity contribution in [2.45, 2.75) is 0 Å². The molecule has 6 nitrogen and oxygen atoms in total. The van der Waals surface area contributed by atoms with Gasteiger partial charge in [-0.2, -0.15) is 5.26 Å². The summed E-state index contributed by atoms with van der Waals surface area (Å²) < 4.78 is 14.3. The lowest BCUT2D eigenvalue weighted by atomic mass is 10.1. The summed E-state index contributed by atoms with van der Waals surface area (Å²) in [5, 5.41) is 13.5. The Kier molecular flexibility index (Phi) is 5.09. The molecule has 0 aliphatic rings. The molecule has 4 aromatic rings. The number of fused-ring (bicyclic) bond motifs is 1. The highest BCUT2D eigenvalue weighted by Gasteiger charge is 2.16. The maximum absolute atomic E-state index is 13.5. The summed E-state index contributed by atoms with van der Waals surface area (Å²) in [4.78, 5) is 13.4. The van der Waals surface area contributed by atoms with Crippen molar-refractivity contribution in [1.82, 2.24) is 15.0 Å². The summed E-state index contributed by atoms with van der Waals surface area (Å²) in [6.45, 7) is 0. The van der Waals surface area contributed by atoms with Gasteiger partial charge in [0.05, 0.1) is 34.3 Å². The van der Waals surface area contributed by atoms with Crippen LogP contribution in [0.3, 0.4) is 0 Å². The number of anilines is 4. The molecule has 0 fully saturated rings. The van der Waals surface area contributed by atoms with Gasteiger partial charge in [-0.3, -0.25) is 4.98 Å². The van der Waals surface area contributed by atoms with Gasteiger partial charge in [0.2, 0.25) is 0 Å².